The molecular formula is C25H21FN2O. The fourth-order valence-electron chi connectivity index (χ4n) is 4.31. The molecule has 4 aromatic rings. The van der Waals surface area contributed by atoms with E-state index in [0.717, 1.165) is 28.8 Å². The molecule has 2 heterocycles. The smallest absolute Gasteiger partial charge is 0.254 e. The Hall–Kier alpha value is -3.40. The van der Waals surface area contributed by atoms with Gasteiger partial charge in [-0.1, -0.05) is 48.0 Å². The van der Waals surface area contributed by atoms with E-state index in [-0.39, 0.29) is 17.8 Å². The van der Waals surface area contributed by atoms with Crippen molar-refractivity contribution in [3.05, 3.63) is 107 Å². The Morgan fingerprint density at radius 1 is 1.00 bits per heavy atom. The van der Waals surface area contributed by atoms with Crippen molar-refractivity contribution in [3.8, 4) is 0 Å². The number of carbonyl (C=O) groups excluding carboxylic acids is 1. The highest BCUT2D eigenvalue weighted by atomic mass is 19.1. The first-order valence-electron chi connectivity index (χ1n) is 9.84. The number of benzene rings is 3. The molecule has 1 amide bonds. The highest BCUT2D eigenvalue weighted by Gasteiger charge is 2.34. The van der Waals surface area contributed by atoms with Crippen molar-refractivity contribution in [2.24, 2.45) is 0 Å². The van der Waals surface area contributed by atoms with Crippen LogP contribution in [0.3, 0.4) is 0 Å². The molecule has 1 aromatic heterocycles. The molecule has 0 spiro atoms. The number of H-pyrrole nitrogens is 1. The number of hydrogen-bond acceptors (Lipinski definition) is 1. The second kappa shape index (κ2) is 6.89. The molecule has 1 unspecified atom stereocenters. The van der Waals surface area contributed by atoms with Gasteiger partial charge in [0.05, 0.1) is 6.04 Å². The van der Waals surface area contributed by atoms with Crippen LogP contribution in [0, 0.1) is 12.7 Å². The average molecular weight is 384 g/mol. The predicted molar refractivity (Wildman–Crippen MR) is 112 cm³/mol. The van der Waals surface area contributed by atoms with E-state index in [1.807, 2.05) is 48.2 Å². The van der Waals surface area contributed by atoms with E-state index < -0.39 is 0 Å². The summed E-state index contributed by atoms with van der Waals surface area (Å²) >= 11 is 0. The Labute approximate surface area is 168 Å². The topological polar surface area (TPSA) is 36.1 Å². The summed E-state index contributed by atoms with van der Waals surface area (Å²) in [5, 5.41) is 1.19. The molecule has 0 fully saturated rings. The Balaban J connectivity index is 1.65. The van der Waals surface area contributed by atoms with Crippen LogP contribution in [0.25, 0.3) is 10.9 Å². The molecule has 1 aliphatic rings. The summed E-state index contributed by atoms with van der Waals surface area (Å²) in [6, 6.07) is 22.1. The normalized spacial score (nSPS) is 16.1. The van der Waals surface area contributed by atoms with Gasteiger partial charge < -0.3 is 9.88 Å². The first-order valence-corrected chi connectivity index (χ1v) is 9.84. The number of hydrogen-bond donors (Lipinski definition) is 1. The van der Waals surface area contributed by atoms with Gasteiger partial charge in [0.25, 0.3) is 5.91 Å². The Morgan fingerprint density at radius 3 is 2.48 bits per heavy atom. The summed E-state index contributed by atoms with van der Waals surface area (Å²) in [6.07, 6.45) is 0.786. The summed E-state index contributed by atoms with van der Waals surface area (Å²) in [7, 11) is 0. The maximum Gasteiger partial charge on any atom is 0.254 e. The minimum Gasteiger partial charge on any atom is -0.356 e. The molecule has 144 valence electrons. The van der Waals surface area contributed by atoms with Crippen molar-refractivity contribution >= 4 is 16.8 Å². The number of nitrogens with one attached hydrogen (secondary N) is 1. The molecule has 29 heavy (non-hydrogen) atoms. The lowest BCUT2D eigenvalue weighted by Gasteiger charge is -2.36. The van der Waals surface area contributed by atoms with Crippen LogP contribution < -0.4 is 0 Å². The van der Waals surface area contributed by atoms with Crippen molar-refractivity contribution in [2.45, 2.75) is 19.4 Å². The fourth-order valence-corrected chi connectivity index (χ4v) is 4.31. The van der Waals surface area contributed by atoms with Crippen molar-refractivity contribution in [1.29, 1.82) is 0 Å². The van der Waals surface area contributed by atoms with Crippen LogP contribution in [0.2, 0.25) is 0 Å². The van der Waals surface area contributed by atoms with Crippen molar-refractivity contribution in [2.75, 3.05) is 6.54 Å². The third kappa shape index (κ3) is 3.01. The Bertz CT molecular complexity index is 1190. The maximum absolute atomic E-state index is 13.6. The van der Waals surface area contributed by atoms with Gasteiger partial charge in [0.2, 0.25) is 0 Å². The molecule has 0 aliphatic carbocycles. The lowest BCUT2D eigenvalue weighted by Crippen LogP contribution is -2.40. The van der Waals surface area contributed by atoms with Gasteiger partial charge in [0.15, 0.2) is 0 Å². The molecule has 0 bridgehead atoms. The summed E-state index contributed by atoms with van der Waals surface area (Å²) in [4.78, 5) is 18.9. The van der Waals surface area contributed by atoms with Gasteiger partial charge in [0.1, 0.15) is 5.82 Å². The van der Waals surface area contributed by atoms with Crippen molar-refractivity contribution < 1.29 is 9.18 Å². The fraction of sp³-hybridized carbons (Fsp3) is 0.160. The SMILES string of the molecule is Cc1ccc(C(=O)N2CCc3c([nH]c4ccccc34)C2c2ccc(F)cc2)cc1. The summed E-state index contributed by atoms with van der Waals surface area (Å²) in [6.45, 7) is 2.62. The maximum atomic E-state index is 13.6. The lowest BCUT2D eigenvalue weighted by atomic mass is 9.91. The number of aromatic nitrogens is 1. The number of fused-ring (bicyclic) bond motifs is 3. The van der Waals surface area contributed by atoms with E-state index in [0.29, 0.717) is 12.1 Å². The molecule has 1 aliphatic heterocycles. The van der Waals surface area contributed by atoms with Crippen molar-refractivity contribution in [1.82, 2.24) is 9.88 Å². The number of amides is 1. The number of rotatable bonds is 2. The van der Waals surface area contributed by atoms with Crippen LogP contribution in [0.4, 0.5) is 4.39 Å². The number of aromatic amines is 1. The largest absolute Gasteiger partial charge is 0.356 e. The molecule has 3 nitrogen and oxygen atoms in total. The van der Waals surface area contributed by atoms with E-state index in [9.17, 15) is 9.18 Å². The van der Waals surface area contributed by atoms with Crippen molar-refractivity contribution in [3.63, 3.8) is 0 Å². The van der Waals surface area contributed by atoms with Crippen LogP contribution in [-0.2, 0) is 6.42 Å². The highest BCUT2D eigenvalue weighted by Crippen LogP contribution is 2.39. The first-order chi connectivity index (χ1) is 14.1. The average Bonchev–Trinajstić information content (AvgIpc) is 3.12. The standard InChI is InChI=1S/C25H21FN2O/c1-16-6-8-18(9-7-16)25(29)28-15-14-21-20-4-2-3-5-22(20)27-23(21)24(28)17-10-12-19(26)13-11-17/h2-13,24,27H,14-15H2,1H3. The second-order valence-electron chi connectivity index (χ2n) is 7.63. The highest BCUT2D eigenvalue weighted by molar-refractivity contribution is 5.95. The van der Waals surface area contributed by atoms with E-state index in [4.69, 9.17) is 0 Å². The summed E-state index contributed by atoms with van der Waals surface area (Å²) < 4.78 is 13.6. The lowest BCUT2D eigenvalue weighted by molar-refractivity contribution is 0.0692. The predicted octanol–water partition coefficient (Wildman–Crippen LogP) is 5.40. The molecule has 0 radical (unpaired) electrons. The van der Waals surface area contributed by atoms with Gasteiger partial charge in [-0.2, -0.15) is 0 Å². The Kier molecular flexibility index (Phi) is 4.20. The monoisotopic (exact) mass is 384 g/mol. The number of nitrogens with zero attached hydrogens (tertiary/aromatic N) is 1. The molecule has 1 atom stereocenters. The van der Waals surface area contributed by atoms with E-state index in [1.165, 1.54) is 23.1 Å². The Morgan fingerprint density at radius 2 is 1.72 bits per heavy atom. The summed E-state index contributed by atoms with van der Waals surface area (Å²) in [5.74, 6) is -0.290. The zero-order valence-corrected chi connectivity index (χ0v) is 16.2. The zero-order chi connectivity index (χ0) is 20.0. The number of para-hydroxylation sites is 1. The van der Waals surface area contributed by atoms with Gasteiger partial charge >= 0.3 is 0 Å². The molecule has 1 N–H and O–H groups in total. The van der Waals surface area contributed by atoms with Gasteiger partial charge in [-0.05, 0) is 54.8 Å². The quantitative estimate of drug-likeness (QED) is 0.493. The molecule has 3 aromatic carbocycles. The van der Waals surface area contributed by atoms with Gasteiger partial charge in [0, 0.05) is 28.7 Å². The minimum absolute atomic E-state index is 0.0105. The van der Waals surface area contributed by atoms with Crippen LogP contribution >= 0.6 is 0 Å². The van der Waals surface area contributed by atoms with Crippen LogP contribution in [0.5, 0.6) is 0 Å². The van der Waals surface area contributed by atoms with E-state index in [2.05, 4.69) is 17.1 Å². The number of aryl methyl sites for hydroxylation is 1. The number of carbonyl (C=O) groups is 1. The molecule has 4 heteroatoms. The number of halogens is 1. The van der Waals surface area contributed by atoms with Gasteiger partial charge in [-0.15, -0.1) is 0 Å². The molecule has 0 saturated carbocycles. The second-order valence-corrected chi connectivity index (χ2v) is 7.63. The van der Waals surface area contributed by atoms with E-state index >= 15 is 0 Å². The van der Waals surface area contributed by atoms with Gasteiger partial charge in [-0.3, -0.25) is 4.79 Å². The minimum atomic E-state index is -0.280. The zero-order valence-electron chi connectivity index (χ0n) is 16.2. The van der Waals surface area contributed by atoms with Crippen LogP contribution in [0.15, 0.2) is 72.8 Å². The summed E-state index contributed by atoms with van der Waals surface area (Å²) in [5.41, 5.74) is 6.01. The first kappa shape index (κ1) is 17.7. The molecule has 0 saturated heterocycles. The van der Waals surface area contributed by atoms with Gasteiger partial charge in [-0.25, -0.2) is 4.39 Å². The molecule has 5 rings (SSSR count). The molecular weight excluding hydrogens is 363 g/mol. The van der Waals surface area contributed by atoms with Crippen LogP contribution in [0.1, 0.15) is 38.8 Å². The van der Waals surface area contributed by atoms with E-state index in [1.54, 1.807) is 12.1 Å². The third-order valence-electron chi connectivity index (χ3n) is 5.78. The third-order valence-corrected chi connectivity index (χ3v) is 5.78. The van der Waals surface area contributed by atoms with Crippen LogP contribution in [-0.4, -0.2) is 22.3 Å².